The van der Waals surface area contributed by atoms with Gasteiger partial charge in [0.2, 0.25) is 0 Å². The van der Waals surface area contributed by atoms with Crippen LogP contribution in [0.3, 0.4) is 0 Å². The number of aromatic nitrogens is 6. The van der Waals surface area contributed by atoms with E-state index in [1.807, 2.05) is 12.3 Å². The zero-order valence-electron chi connectivity index (χ0n) is 21.0. The quantitative estimate of drug-likeness (QED) is 0.413. The van der Waals surface area contributed by atoms with Crippen molar-refractivity contribution in [1.82, 2.24) is 34.7 Å². The van der Waals surface area contributed by atoms with Gasteiger partial charge in [0.05, 0.1) is 24.2 Å². The maximum absolute atomic E-state index is 5.57. The van der Waals surface area contributed by atoms with Crippen molar-refractivity contribution in [3.05, 3.63) is 29.8 Å². The van der Waals surface area contributed by atoms with Gasteiger partial charge in [0, 0.05) is 48.9 Å². The van der Waals surface area contributed by atoms with Gasteiger partial charge in [0.15, 0.2) is 11.4 Å². The van der Waals surface area contributed by atoms with Crippen molar-refractivity contribution >= 4 is 22.0 Å². The van der Waals surface area contributed by atoms with Crippen LogP contribution in [0.2, 0.25) is 0 Å². The number of pyridine rings is 1. The van der Waals surface area contributed by atoms with E-state index in [0.29, 0.717) is 16.8 Å². The molecule has 0 unspecified atom stereocenters. The fraction of sp³-hybridized carbons (Fsp3) is 0.520. The standard InChI is InChI=1S/C25H32N8OS/c1-6-7-31-10-25(11-31)12-32(13-25)24-16(4)28-23(35-24)21-19(15(2)3)20(29-30-21)17-8-18(34-5)22-26-14-27-33(22)9-17/h8-9,14-15H,6-7,10-13H2,1-5H3,(H,29,30). The molecule has 4 aromatic heterocycles. The van der Waals surface area contributed by atoms with E-state index in [-0.39, 0.29) is 5.92 Å². The Morgan fingerprint density at radius 2 is 2.03 bits per heavy atom. The number of H-pyrrole nitrogens is 1. The summed E-state index contributed by atoms with van der Waals surface area (Å²) in [7, 11) is 1.65. The van der Waals surface area contributed by atoms with Crippen LogP contribution in [-0.4, -0.2) is 74.5 Å². The second kappa shape index (κ2) is 8.30. The molecule has 2 saturated heterocycles. The lowest BCUT2D eigenvalue weighted by Gasteiger charge is -2.60. The van der Waals surface area contributed by atoms with Gasteiger partial charge in [-0.05, 0) is 31.9 Å². The molecule has 35 heavy (non-hydrogen) atoms. The average molecular weight is 493 g/mol. The molecule has 2 aliphatic heterocycles. The SMILES string of the molecule is CCCN1CC2(C1)CN(c1sc(-c3[nH]nc(-c4cc(OC)c5ncnn5c4)c3C(C)C)nc1C)C2. The number of fused-ring (bicyclic) bond motifs is 1. The number of hydrogen-bond acceptors (Lipinski definition) is 8. The molecule has 1 N–H and O–H groups in total. The molecule has 0 radical (unpaired) electrons. The van der Waals surface area contributed by atoms with Crippen molar-refractivity contribution in [1.29, 1.82) is 0 Å². The number of anilines is 1. The molecule has 6 rings (SSSR count). The van der Waals surface area contributed by atoms with E-state index >= 15 is 0 Å². The summed E-state index contributed by atoms with van der Waals surface area (Å²) in [6.45, 7) is 14.8. The lowest BCUT2D eigenvalue weighted by Crippen LogP contribution is -2.72. The van der Waals surface area contributed by atoms with Crippen LogP contribution in [-0.2, 0) is 0 Å². The minimum Gasteiger partial charge on any atom is -0.493 e. The summed E-state index contributed by atoms with van der Waals surface area (Å²) in [5.41, 5.74) is 6.27. The molecule has 184 valence electrons. The molecule has 10 heteroatoms. The fourth-order valence-corrected chi connectivity index (χ4v) is 6.82. The van der Waals surface area contributed by atoms with Gasteiger partial charge in [-0.25, -0.2) is 14.5 Å². The molecule has 0 aliphatic carbocycles. The molecule has 2 aliphatic rings. The molecule has 0 atom stereocenters. The molecule has 0 aromatic carbocycles. The van der Waals surface area contributed by atoms with E-state index in [2.05, 4.69) is 52.7 Å². The number of methoxy groups -OCH3 is 1. The van der Waals surface area contributed by atoms with Crippen LogP contribution in [0.4, 0.5) is 5.00 Å². The van der Waals surface area contributed by atoms with Crippen LogP contribution in [0.25, 0.3) is 27.6 Å². The summed E-state index contributed by atoms with van der Waals surface area (Å²) in [5.74, 6) is 0.933. The molecule has 0 saturated carbocycles. The van der Waals surface area contributed by atoms with E-state index in [4.69, 9.17) is 14.8 Å². The molecule has 2 fully saturated rings. The number of aromatic amines is 1. The third kappa shape index (κ3) is 3.61. The van der Waals surface area contributed by atoms with E-state index in [0.717, 1.165) is 46.3 Å². The third-order valence-electron chi connectivity index (χ3n) is 7.20. The van der Waals surface area contributed by atoms with E-state index in [1.54, 1.807) is 23.0 Å². The minimum absolute atomic E-state index is 0.260. The van der Waals surface area contributed by atoms with Crippen molar-refractivity contribution in [3.8, 4) is 27.7 Å². The highest BCUT2D eigenvalue weighted by Gasteiger charge is 2.52. The predicted octanol–water partition coefficient (Wildman–Crippen LogP) is 4.22. The Bertz CT molecular complexity index is 1370. The van der Waals surface area contributed by atoms with Crippen molar-refractivity contribution in [2.45, 2.75) is 40.0 Å². The van der Waals surface area contributed by atoms with Gasteiger partial charge < -0.3 is 14.5 Å². The molecular formula is C25H32N8OS. The lowest BCUT2D eigenvalue weighted by molar-refractivity contribution is -0.0210. The zero-order valence-corrected chi connectivity index (χ0v) is 21.8. The van der Waals surface area contributed by atoms with E-state index < -0.39 is 0 Å². The summed E-state index contributed by atoms with van der Waals surface area (Å²) in [6, 6.07) is 1.98. The second-order valence-corrected chi connectivity index (χ2v) is 11.3. The van der Waals surface area contributed by atoms with Gasteiger partial charge in [-0.15, -0.1) is 0 Å². The van der Waals surface area contributed by atoms with Gasteiger partial charge in [-0.2, -0.15) is 10.2 Å². The second-order valence-electron chi connectivity index (χ2n) is 10.3. The Labute approximate surface area is 209 Å². The number of rotatable bonds is 7. The number of nitrogens with zero attached hydrogens (tertiary/aromatic N) is 7. The van der Waals surface area contributed by atoms with Gasteiger partial charge in [0.25, 0.3) is 0 Å². The van der Waals surface area contributed by atoms with Crippen LogP contribution >= 0.6 is 11.3 Å². The molecular weight excluding hydrogens is 460 g/mol. The number of thiazole rings is 1. The Morgan fingerprint density at radius 3 is 2.74 bits per heavy atom. The summed E-state index contributed by atoms with van der Waals surface area (Å²) >= 11 is 1.77. The van der Waals surface area contributed by atoms with E-state index in [1.165, 1.54) is 37.4 Å². The minimum atomic E-state index is 0.260. The molecule has 0 amide bonds. The first-order chi connectivity index (χ1) is 16.9. The highest BCUT2D eigenvalue weighted by molar-refractivity contribution is 7.19. The number of ether oxygens (including phenoxy) is 1. The van der Waals surface area contributed by atoms with Crippen molar-refractivity contribution in [2.24, 2.45) is 5.41 Å². The number of nitrogens with one attached hydrogen (secondary N) is 1. The molecule has 0 bridgehead atoms. The van der Waals surface area contributed by atoms with E-state index in [9.17, 15) is 0 Å². The van der Waals surface area contributed by atoms with Crippen LogP contribution in [0.1, 0.15) is 44.4 Å². The first-order valence-electron chi connectivity index (χ1n) is 12.3. The number of hydrogen-bond donors (Lipinski definition) is 1. The third-order valence-corrected chi connectivity index (χ3v) is 8.44. The average Bonchev–Trinajstić information content (AvgIpc) is 3.51. The van der Waals surface area contributed by atoms with Gasteiger partial charge in [0.1, 0.15) is 16.3 Å². The largest absolute Gasteiger partial charge is 0.493 e. The highest BCUT2D eigenvalue weighted by atomic mass is 32.1. The van der Waals surface area contributed by atoms with Crippen molar-refractivity contribution in [3.63, 3.8) is 0 Å². The summed E-state index contributed by atoms with van der Waals surface area (Å²) in [5, 5.41) is 14.7. The normalized spacial score (nSPS) is 17.4. The first kappa shape index (κ1) is 22.5. The Hall–Kier alpha value is -2.98. The summed E-state index contributed by atoms with van der Waals surface area (Å²) < 4.78 is 7.31. The van der Waals surface area contributed by atoms with Crippen molar-refractivity contribution in [2.75, 3.05) is 44.7 Å². The van der Waals surface area contributed by atoms with Crippen LogP contribution in [0.5, 0.6) is 5.75 Å². The molecule has 1 spiro atoms. The molecule has 9 nitrogen and oxygen atoms in total. The zero-order chi connectivity index (χ0) is 24.3. The molecule has 6 heterocycles. The smallest absolute Gasteiger partial charge is 0.197 e. The lowest BCUT2D eigenvalue weighted by atomic mass is 9.73. The van der Waals surface area contributed by atoms with Gasteiger partial charge >= 0.3 is 0 Å². The monoisotopic (exact) mass is 492 g/mol. The van der Waals surface area contributed by atoms with Gasteiger partial charge in [-0.3, -0.25) is 5.10 Å². The van der Waals surface area contributed by atoms with Crippen molar-refractivity contribution < 1.29 is 4.74 Å². The van der Waals surface area contributed by atoms with Crippen LogP contribution < -0.4 is 9.64 Å². The summed E-state index contributed by atoms with van der Waals surface area (Å²) in [6.07, 6.45) is 4.72. The first-order valence-corrected chi connectivity index (χ1v) is 13.1. The Kier molecular flexibility index (Phi) is 5.33. The van der Waals surface area contributed by atoms with Gasteiger partial charge in [-0.1, -0.05) is 32.1 Å². The number of aryl methyl sites for hydroxylation is 1. The Morgan fingerprint density at radius 1 is 1.23 bits per heavy atom. The van der Waals surface area contributed by atoms with Crippen LogP contribution in [0, 0.1) is 12.3 Å². The Balaban J connectivity index is 1.30. The maximum Gasteiger partial charge on any atom is 0.197 e. The predicted molar refractivity (Wildman–Crippen MR) is 138 cm³/mol. The topological polar surface area (TPSA) is 87.5 Å². The summed E-state index contributed by atoms with van der Waals surface area (Å²) in [4.78, 5) is 14.4. The highest BCUT2D eigenvalue weighted by Crippen LogP contribution is 2.47. The number of likely N-dealkylation sites (tertiary alicyclic amines) is 1. The maximum atomic E-state index is 5.57. The fourth-order valence-electron chi connectivity index (χ4n) is 5.74. The molecule has 4 aromatic rings. The van der Waals surface area contributed by atoms with Crippen LogP contribution in [0.15, 0.2) is 18.6 Å².